The summed E-state index contributed by atoms with van der Waals surface area (Å²) in [6.07, 6.45) is -1.70. The highest BCUT2D eigenvalue weighted by molar-refractivity contribution is 7.99. The molecule has 3 aromatic rings. The van der Waals surface area contributed by atoms with Crippen LogP contribution in [0.3, 0.4) is 0 Å². The highest BCUT2D eigenvalue weighted by atomic mass is 32.2. The standard InChI is InChI=1S/C18H20F3N5O2S/c1-2-3-6-9-25-15(28)12-7-4-5-8-13(12)26-16(25)23-24-17(26)29-10-14(27)22-11-18(19,20)21/h4-5,7-8H,2-3,6,9-11H2,1H3,(H,22,27). The van der Waals surface area contributed by atoms with Crippen molar-refractivity contribution in [1.29, 1.82) is 0 Å². The lowest BCUT2D eigenvalue weighted by Crippen LogP contribution is -2.34. The van der Waals surface area contributed by atoms with Crippen LogP contribution >= 0.6 is 11.8 Å². The number of halogens is 3. The first-order valence-electron chi connectivity index (χ1n) is 9.14. The normalized spacial score (nSPS) is 12.0. The topological polar surface area (TPSA) is 81.3 Å². The van der Waals surface area contributed by atoms with E-state index in [1.54, 1.807) is 33.2 Å². The van der Waals surface area contributed by atoms with Crippen LogP contribution < -0.4 is 10.9 Å². The van der Waals surface area contributed by atoms with E-state index < -0.39 is 18.6 Å². The Bertz CT molecular complexity index is 1080. The number of nitrogens with zero attached hydrogens (tertiary/aromatic N) is 4. The van der Waals surface area contributed by atoms with E-state index in [-0.39, 0.29) is 11.3 Å². The van der Waals surface area contributed by atoms with Crippen molar-refractivity contribution in [2.75, 3.05) is 12.3 Å². The SMILES string of the molecule is CCCCCn1c(=O)c2ccccc2n2c(SCC(=O)NCC(F)(F)F)nnc12. The summed E-state index contributed by atoms with van der Waals surface area (Å²) < 4.78 is 40.0. The quantitative estimate of drug-likeness (QED) is 0.442. The Kier molecular flexibility index (Phi) is 6.46. The minimum atomic E-state index is -4.47. The van der Waals surface area contributed by atoms with Crippen LogP contribution in [-0.4, -0.2) is 43.5 Å². The second kappa shape index (κ2) is 8.85. The number of unbranched alkanes of at least 4 members (excludes halogenated alkanes) is 2. The third-order valence-electron chi connectivity index (χ3n) is 4.28. The molecule has 0 unspecified atom stereocenters. The Morgan fingerprint density at radius 3 is 2.69 bits per heavy atom. The molecule has 29 heavy (non-hydrogen) atoms. The summed E-state index contributed by atoms with van der Waals surface area (Å²) in [6, 6.07) is 6.98. The molecule has 1 amide bonds. The number of para-hydroxylation sites is 1. The van der Waals surface area contributed by atoms with Crippen molar-refractivity contribution in [3.63, 3.8) is 0 Å². The van der Waals surface area contributed by atoms with Crippen molar-refractivity contribution >= 4 is 34.3 Å². The zero-order valence-electron chi connectivity index (χ0n) is 15.7. The Balaban J connectivity index is 1.93. The molecule has 0 aliphatic heterocycles. The Morgan fingerprint density at radius 1 is 1.21 bits per heavy atom. The number of carbonyl (C=O) groups excluding carboxylic acids is 1. The molecule has 0 radical (unpaired) electrons. The average Bonchev–Trinajstić information content (AvgIpc) is 3.11. The van der Waals surface area contributed by atoms with Gasteiger partial charge in [0, 0.05) is 6.54 Å². The fourth-order valence-electron chi connectivity index (χ4n) is 2.93. The van der Waals surface area contributed by atoms with Crippen LogP contribution in [0, 0.1) is 0 Å². The van der Waals surface area contributed by atoms with E-state index in [1.807, 2.05) is 5.32 Å². The summed E-state index contributed by atoms with van der Waals surface area (Å²) in [5.74, 6) is -0.659. The summed E-state index contributed by atoms with van der Waals surface area (Å²) in [5.41, 5.74) is 0.415. The van der Waals surface area contributed by atoms with Gasteiger partial charge < -0.3 is 5.32 Å². The molecule has 7 nitrogen and oxygen atoms in total. The Labute approximate surface area is 168 Å². The van der Waals surface area contributed by atoms with Gasteiger partial charge in [0.15, 0.2) is 5.16 Å². The molecular weight excluding hydrogens is 407 g/mol. The third kappa shape index (κ3) is 4.89. The predicted octanol–water partition coefficient (Wildman–Crippen LogP) is 3.01. The zero-order valence-corrected chi connectivity index (χ0v) is 16.5. The van der Waals surface area contributed by atoms with E-state index >= 15 is 0 Å². The molecule has 11 heteroatoms. The molecule has 0 aliphatic rings. The number of hydrogen-bond donors (Lipinski definition) is 1. The first kappa shape index (κ1) is 21.2. The molecule has 156 valence electrons. The molecule has 1 aromatic carbocycles. The van der Waals surface area contributed by atoms with Gasteiger partial charge in [0.25, 0.3) is 5.56 Å². The summed E-state index contributed by atoms with van der Waals surface area (Å²) in [5, 5.41) is 10.8. The van der Waals surface area contributed by atoms with Crippen molar-refractivity contribution < 1.29 is 18.0 Å². The second-order valence-corrected chi connectivity index (χ2v) is 7.42. The predicted molar refractivity (Wildman–Crippen MR) is 104 cm³/mol. The number of aryl methyl sites for hydroxylation is 1. The monoisotopic (exact) mass is 427 g/mol. The van der Waals surface area contributed by atoms with Gasteiger partial charge in [-0.15, -0.1) is 10.2 Å². The first-order chi connectivity index (χ1) is 13.8. The number of carbonyl (C=O) groups is 1. The fraction of sp³-hybridized carbons (Fsp3) is 0.444. The molecule has 3 rings (SSSR count). The number of amides is 1. The number of fused-ring (bicyclic) bond motifs is 3. The molecule has 0 saturated heterocycles. The molecule has 0 atom stereocenters. The van der Waals surface area contributed by atoms with E-state index in [9.17, 15) is 22.8 Å². The van der Waals surface area contributed by atoms with Gasteiger partial charge in [-0.2, -0.15) is 13.2 Å². The van der Waals surface area contributed by atoms with E-state index in [0.717, 1.165) is 31.0 Å². The van der Waals surface area contributed by atoms with E-state index in [4.69, 9.17) is 0 Å². The largest absolute Gasteiger partial charge is 0.405 e. The maximum absolute atomic E-state index is 12.9. The Morgan fingerprint density at radius 2 is 1.97 bits per heavy atom. The van der Waals surface area contributed by atoms with Crippen molar-refractivity contribution in [2.45, 2.75) is 44.1 Å². The summed E-state index contributed by atoms with van der Waals surface area (Å²) >= 11 is 0.968. The molecule has 2 heterocycles. The van der Waals surface area contributed by atoms with Gasteiger partial charge in [0.1, 0.15) is 6.54 Å². The number of nitrogens with one attached hydrogen (secondary N) is 1. The smallest absolute Gasteiger partial charge is 0.346 e. The van der Waals surface area contributed by atoms with Gasteiger partial charge in [-0.25, -0.2) is 0 Å². The number of benzene rings is 1. The van der Waals surface area contributed by atoms with Crippen molar-refractivity contribution in [3.8, 4) is 0 Å². The number of aromatic nitrogens is 4. The number of alkyl halides is 3. The molecule has 0 spiro atoms. The molecule has 2 aromatic heterocycles. The second-order valence-electron chi connectivity index (χ2n) is 6.48. The van der Waals surface area contributed by atoms with Crippen LogP contribution in [0.2, 0.25) is 0 Å². The van der Waals surface area contributed by atoms with Crippen molar-refractivity contribution in [3.05, 3.63) is 34.6 Å². The van der Waals surface area contributed by atoms with Crippen LogP contribution in [0.5, 0.6) is 0 Å². The van der Waals surface area contributed by atoms with Crippen molar-refractivity contribution in [2.24, 2.45) is 0 Å². The van der Waals surface area contributed by atoms with Crippen LogP contribution in [-0.2, 0) is 11.3 Å². The van der Waals surface area contributed by atoms with Gasteiger partial charge in [-0.1, -0.05) is 43.7 Å². The lowest BCUT2D eigenvalue weighted by Gasteiger charge is -2.11. The lowest BCUT2D eigenvalue weighted by atomic mass is 10.2. The van der Waals surface area contributed by atoms with Crippen LogP contribution in [0.4, 0.5) is 13.2 Å². The number of thioether (sulfide) groups is 1. The fourth-order valence-corrected chi connectivity index (χ4v) is 3.70. The van der Waals surface area contributed by atoms with Gasteiger partial charge in [-0.05, 0) is 18.6 Å². The van der Waals surface area contributed by atoms with Crippen molar-refractivity contribution in [1.82, 2.24) is 24.5 Å². The molecule has 0 fully saturated rings. The molecule has 0 aliphatic carbocycles. The maximum Gasteiger partial charge on any atom is 0.405 e. The van der Waals surface area contributed by atoms with Gasteiger partial charge >= 0.3 is 6.18 Å². The van der Waals surface area contributed by atoms with E-state index in [0.29, 0.717) is 28.4 Å². The highest BCUT2D eigenvalue weighted by Gasteiger charge is 2.27. The van der Waals surface area contributed by atoms with E-state index in [2.05, 4.69) is 17.1 Å². The summed E-state index contributed by atoms with van der Waals surface area (Å²) in [4.78, 5) is 24.6. The minimum absolute atomic E-state index is 0.170. The van der Waals surface area contributed by atoms with Crippen LogP contribution in [0.15, 0.2) is 34.2 Å². The molecule has 1 N–H and O–H groups in total. The molecular formula is C18H20F3N5O2S. The summed E-state index contributed by atoms with van der Waals surface area (Å²) in [7, 11) is 0. The third-order valence-corrected chi connectivity index (χ3v) is 5.21. The molecule has 0 bridgehead atoms. The van der Waals surface area contributed by atoms with Gasteiger partial charge in [0.05, 0.1) is 16.7 Å². The highest BCUT2D eigenvalue weighted by Crippen LogP contribution is 2.22. The van der Waals surface area contributed by atoms with Gasteiger partial charge in [0.2, 0.25) is 11.7 Å². The molecule has 0 saturated carbocycles. The Hall–Kier alpha value is -2.56. The average molecular weight is 427 g/mol. The first-order valence-corrected chi connectivity index (χ1v) is 10.1. The van der Waals surface area contributed by atoms with E-state index in [1.165, 1.54) is 0 Å². The lowest BCUT2D eigenvalue weighted by molar-refractivity contribution is -0.136. The maximum atomic E-state index is 12.9. The number of rotatable bonds is 8. The number of hydrogen-bond acceptors (Lipinski definition) is 5. The minimum Gasteiger partial charge on any atom is -0.346 e. The van der Waals surface area contributed by atoms with Crippen LogP contribution in [0.1, 0.15) is 26.2 Å². The van der Waals surface area contributed by atoms with Crippen LogP contribution in [0.25, 0.3) is 16.7 Å². The zero-order chi connectivity index (χ0) is 21.0. The van der Waals surface area contributed by atoms with Gasteiger partial charge in [-0.3, -0.25) is 18.6 Å². The summed E-state index contributed by atoms with van der Waals surface area (Å²) in [6.45, 7) is 1.16.